The van der Waals surface area contributed by atoms with Crippen molar-refractivity contribution in [2.75, 3.05) is 6.61 Å². The average Bonchev–Trinajstić information content (AvgIpc) is 2.33. The Kier molecular flexibility index (Phi) is 5.22. The lowest BCUT2D eigenvalue weighted by atomic mass is 9.86. The van der Waals surface area contributed by atoms with Crippen molar-refractivity contribution in [1.82, 2.24) is 0 Å². The van der Waals surface area contributed by atoms with Crippen LogP contribution in [0.5, 0.6) is 5.75 Å². The van der Waals surface area contributed by atoms with E-state index in [1.165, 1.54) is 11.1 Å². The Hall–Kier alpha value is -1.49. The van der Waals surface area contributed by atoms with Gasteiger partial charge in [-0.25, -0.2) is 0 Å². The molecule has 0 N–H and O–H groups in total. The van der Waals surface area contributed by atoms with E-state index in [9.17, 15) is 0 Å². The van der Waals surface area contributed by atoms with Crippen molar-refractivity contribution in [1.29, 1.82) is 5.26 Å². The first-order valence-electron chi connectivity index (χ1n) is 7.31. The second-order valence-electron chi connectivity index (χ2n) is 7.20. The topological polar surface area (TPSA) is 33.0 Å². The Balaban J connectivity index is 2.69. The largest absolute Gasteiger partial charge is 0.493 e. The summed E-state index contributed by atoms with van der Waals surface area (Å²) in [7, 11) is 0. The molecule has 1 aromatic carbocycles. The fourth-order valence-corrected chi connectivity index (χ4v) is 2.12. The summed E-state index contributed by atoms with van der Waals surface area (Å²) < 4.78 is 5.97. The molecule has 0 atom stereocenters. The molecule has 0 saturated carbocycles. The highest BCUT2D eigenvalue weighted by Gasteiger charge is 2.19. The lowest BCUT2D eigenvalue weighted by molar-refractivity contribution is 0.278. The van der Waals surface area contributed by atoms with E-state index < -0.39 is 0 Å². The zero-order chi connectivity index (χ0) is 15.4. The maximum absolute atomic E-state index is 9.01. The summed E-state index contributed by atoms with van der Waals surface area (Å²) in [4.78, 5) is 0. The Morgan fingerprint density at radius 2 is 1.80 bits per heavy atom. The molecule has 0 aliphatic carbocycles. The van der Waals surface area contributed by atoms with Crippen molar-refractivity contribution in [3.63, 3.8) is 0 Å². The minimum atomic E-state index is -0.261. The third-order valence-corrected chi connectivity index (χ3v) is 3.45. The van der Waals surface area contributed by atoms with Gasteiger partial charge in [-0.15, -0.1) is 0 Å². The van der Waals surface area contributed by atoms with E-state index >= 15 is 0 Å². The summed E-state index contributed by atoms with van der Waals surface area (Å²) >= 11 is 0. The molecule has 2 nitrogen and oxygen atoms in total. The highest BCUT2D eigenvalue weighted by Crippen LogP contribution is 2.32. The van der Waals surface area contributed by atoms with E-state index in [0.717, 1.165) is 18.6 Å². The number of aryl methyl sites for hydroxylation is 1. The van der Waals surface area contributed by atoms with Crippen LogP contribution in [-0.4, -0.2) is 6.61 Å². The van der Waals surface area contributed by atoms with Gasteiger partial charge in [0.25, 0.3) is 0 Å². The van der Waals surface area contributed by atoms with Crippen LogP contribution in [0.4, 0.5) is 0 Å². The van der Waals surface area contributed by atoms with Crippen molar-refractivity contribution in [3.05, 3.63) is 29.3 Å². The SMILES string of the molecule is Cc1ccc(C(C)(C)C)c(OCCCC(C)(C)C#N)c1. The van der Waals surface area contributed by atoms with E-state index in [-0.39, 0.29) is 10.8 Å². The average molecular weight is 273 g/mol. The molecule has 0 heterocycles. The highest BCUT2D eigenvalue weighted by molar-refractivity contribution is 5.41. The molecule has 0 amide bonds. The van der Waals surface area contributed by atoms with Crippen LogP contribution in [0, 0.1) is 23.7 Å². The Bertz CT molecular complexity index is 489. The van der Waals surface area contributed by atoms with E-state index in [2.05, 4.69) is 52.0 Å². The maximum atomic E-state index is 9.01. The molecule has 0 unspecified atom stereocenters. The molecule has 0 aromatic heterocycles. The van der Waals surface area contributed by atoms with Gasteiger partial charge in [0.05, 0.1) is 18.1 Å². The number of nitriles is 1. The third kappa shape index (κ3) is 4.89. The van der Waals surface area contributed by atoms with Gasteiger partial charge in [-0.1, -0.05) is 32.9 Å². The van der Waals surface area contributed by atoms with Crippen molar-refractivity contribution in [3.8, 4) is 11.8 Å². The van der Waals surface area contributed by atoms with Gasteiger partial charge in [-0.05, 0) is 56.2 Å². The van der Waals surface area contributed by atoms with Crippen molar-refractivity contribution in [2.45, 2.75) is 59.8 Å². The monoisotopic (exact) mass is 273 g/mol. The van der Waals surface area contributed by atoms with Gasteiger partial charge in [0.1, 0.15) is 5.75 Å². The van der Waals surface area contributed by atoms with Crippen molar-refractivity contribution in [2.24, 2.45) is 5.41 Å². The molecule has 1 rings (SSSR count). The van der Waals surface area contributed by atoms with Crippen molar-refractivity contribution < 1.29 is 4.74 Å². The Morgan fingerprint density at radius 1 is 1.15 bits per heavy atom. The number of ether oxygens (including phenoxy) is 1. The molecule has 0 aliphatic rings. The molecule has 20 heavy (non-hydrogen) atoms. The fraction of sp³-hybridized carbons (Fsp3) is 0.611. The molecule has 0 radical (unpaired) electrons. The predicted octanol–water partition coefficient (Wildman–Crippen LogP) is 5.00. The smallest absolute Gasteiger partial charge is 0.123 e. The van der Waals surface area contributed by atoms with Crippen LogP contribution in [0.15, 0.2) is 18.2 Å². The summed E-state index contributed by atoms with van der Waals surface area (Å²) in [5.74, 6) is 0.979. The van der Waals surface area contributed by atoms with Crippen LogP contribution in [0.25, 0.3) is 0 Å². The number of hydrogen-bond acceptors (Lipinski definition) is 2. The fourth-order valence-electron chi connectivity index (χ4n) is 2.12. The molecule has 110 valence electrons. The summed E-state index contributed by atoms with van der Waals surface area (Å²) in [6.45, 7) is 13.3. The lowest BCUT2D eigenvalue weighted by Gasteiger charge is -2.23. The summed E-state index contributed by atoms with van der Waals surface area (Å²) in [5.41, 5.74) is 2.27. The molecular weight excluding hydrogens is 246 g/mol. The van der Waals surface area contributed by atoms with Gasteiger partial charge in [0.2, 0.25) is 0 Å². The standard InChI is InChI=1S/C18H27NO/c1-14-8-9-15(17(2,3)4)16(12-14)20-11-7-10-18(5,6)13-19/h8-9,12H,7,10-11H2,1-6H3. The molecule has 0 fully saturated rings. The molecule has 0 saturated heterocycles. The third-order valence-electron chi connectivity index (χ3n) is 3.45. The molecule has 0 spiro atoms. The minimum absolute atomic E-state index is 0.0783. The molecule has 0 aliphatic heterocycles. The van der Waals surface area contributed by atoms with Gasteiger partial charge in [-0.3, -0.25) is 0 Å². The number of rotatable bonds is 5. The second kappa shape index (κ2) is 6.31. The first kappa shape index (κ1) is 16.6. The molecule has 0 bridgehead atoms. The van der Waals surface area contributed by atoms with Crippen molar-refractivity contribution >= 4 is 0 Å². The zero-order valence-electron chi connectivity index (χ0n) is 13.7. The predicted molar refractivity (Wildman–Crippen MR) is 84.0 cm³/mol. The van der Waals surface area contributed by atoms with Gasteiger partial charge in [0.15, 0.2) is 0 Å². The van der Waals surface area contributed by atoms with Crippen LogP contribution in [0.1, 0.15) is 58.6 Å². The highest BCUT2D eigenvalue weighted by atomic mass is 16.5. The van der Waals surface area contributed by atoms with Crippen LogP contribution >= 0.6 is 0 Å². The van der Waals surface area contributed by atoms with E-state index in [4.69, 9.17) is 10.00 Å². The van der Waals surface area contributed by atoms with Crippen LogP contribution in [0.2, 0.25) is 0 Å². The maximum Gasteiger partial charge on any atom is 0.123 e. The second-order valence-corrected chi connectivity index (χ2v) is 7.20. The number of hydrogen-bond donors (Lipinski definition) is 0. The van der Waals surface area contributed by atoms with Crippen LogP contribution in [0.3, 0.4) is 0 Å². The number of nitrogens with zero attached hydrogens (tertiary/aromatic N) is 1. The lowest BCUT2D eigenvalue weighted by Crippen LogP contribution is -2.15. The number of benzene rings is 1. The molecule has 2 heteroatoms. The van der Waals surface area contributed by atoms with Crippen LogP contribution < -0.4 is 4.74 Å². The van der Waals surface area contributed by atoms with Gasteiger partial charge in [-0.2, -0.15) is 5.26 Å². The van der Waals surface area contributed by atoms with Crippen LogP contribution in [-0.2, 0) is 5.41 Å². The van der Waals surface area contributed by atoms with E-state index in [0.29, 0.717) is 6.61 Å². The van der Waals surface area contributed by atoms with Gasteiger partial charge in [0, 0.05) is 0 Å². The quantitative estimate of drug-likeness (QED) is 0.707. The first-order chi connectivity index (χ1) is 9.15. The zero-order valence-corrected chi connectivity index (χ0v) is 13.7. The Labute approximate surface area is 123 Å². The summed E-state index contributed by atoms with van der Waals surface area (Å²) in [6, 6.07) is 8.72. The Morgan fingerprint density at radius 3 is 2.35 bits per heavy atom. The first-order valence-corrected chi connectivity index (χ1v) is 7.31. The molecular formula is C18H27NO. The van der Waals surface area contributed by atoms with Gasteiger partial charge < -0.3 is 4.74 Å². The summed E-state index contributed by atoms with van der Waals surface area (Å²) in [5, 5.41) is 9.01. The summed E-state index contributed by atoms with van der Waals surface area (Å²) in [6.07, 6.45) is 1.76. The molecule has 1 aromatic rings. The van der Waals surface area contributed by atoms with E-state index in [1.807, 2.05) is 13.8 Å². The normalized spacial score (nSPS) is 12.1. The minimum Gasteiger partial charge on any atom is -0.493 e. The van der Waals surface area contributed by atoms with E-state index in [1.54, 1.807) is 0 Å². The van der Waals surface area contributed by atoms with Gasteiger partial charge >= 0.3 is 0 Å².